The molecule has 0 aliphatic heterocycles. The van der Waals surface area contributed by atoms with Crippen LogP contribution in [0.25, 0.3) is 0 Å². The van der Waals surface area contributed by atoms with Gasteiger partial charge in [0, 0.05) is 37.8 Å². The van der Waals surface area contributed by atoms with Crippen molar-refractivity contribution >= 4 is 23.3 Å². The standard InChI is InChI=1S/C19H22N2O3/c1-21(2)17-10-8-16(9-11-17)20-18(22)12-15(13-19(23)24)14-6-4-3-5-7-14/h3-11,15H,12-13H2,1-2H3,(H,20,22)(H,23,24)/t15-/m0/s1. The van der Waals surface area contributed by atoms with Crippen molar-refractivity contribution in [3.63, 3.8) is 0 Å². The Morgan fingerprint density at radius 2 is 1.62 bits per heavy atom. The smallest absolute Gasteiger partial charge is 0.303 e. The molecule has 1 amide bonds. The van der Waals surface area contributed by atoms with Crippen LogP contribution < -0.4 is 10.2 Å². The van der Waals surface area contributed by atoms with Crippen molar-refractivity contribution < 1.29 is 14.7 Å². The van der Waals surface area contributed by atoms with Crippen LogP contribution in [0, 0.1) is 0 Å². The van der Waals surface area contributed by atoms with E-state index in [1.54, 1.807) is 0 Å². The molecular formula is C19H22N2O3. The van der Waals surface area contributed by atoms with Gasteiger partial charge in [0.2, 0.25) is 5.91 Å². The third-order valence-corrected chi connectivity index (χ3v) is 3.79. The van der Waals surface area contributed by atoms with Gasteiger partial charge in [-0.15, -0.1) is 0 Å². The van der Waals surface area contributed by atoms with Crippen LogP contribution in [0.15, 0.2) is 54.6 Å². The van der Waals surface area contributed by atoms with E-state index in [9.17, 15) is 9.59 Å². The largest absolute Gasteiger partial charge is 0.481 e. The van der Waals surface area contributed by atoms with Crippen LogP contribution in [0.5, 0.6) is 0 Å². The van der Waals surface area contributed by atoms with E-state index in [1.165, 1.54) is 0 Å². The lowest BCUT2D eigenvalue weighted by atomic mass is 9.92. The van der Waals surface area contributed by atoms with Gasteiger partial charge in [0.05, 0.1) is 6.42 Å². The number of rotatable bonds is 7. The van der Waals surface area contributed by atoms with Crippen molar-refractivity contribution in [2.24, 2.45) is 0 Å². The second kappa shape index (κ2) is 8.15. The summed E-state index contributed by atoms with van der Waals surface area (Å²) in [7, 11) is 3.90. The molecule has 2 aromatic rings. The Morgan fingerprint density at radius 3 is 2.17 bits per heavy atom. The fourth-order valence-corrected chi connectivity index (χ4v) is 2.52. The summed E-state index contributed by atoms with van der Waals surface area (Å²) in [4.78, 5) is 25.3. The lowest BCUT2D eigenvalue weighted by Crippen LogP contribution is -2.18. The molecule has 2 aromatic carbocycles. The molecule has 0 radical (unpaired) electrons. The minimum atomic E-state index is -0.910. The van der Waals surface area contributed by atoms with E-state index in [0.29, 0.717) is 5.69 Å². The summed E-state index contributed by atoms with van der Waals surface area (Å²) in [5.41, 5.74) is 2.60. The third-order valence-electron chi connectivity index (χ3n) is 3.79. The molecule has 5 heteroatoms. The number of nitrogens with one attached hydrogen (secondary N) is 1. The van der Waals surface area contributed by atoms with Gasteiger partial charge in [-0.25, -0.2) is 0 Å². The molecule has 24 heavy (non-hydrogen) atoms. The van der Waals surface area contributed by atoms with E-state index in [1.807, 2.05) is 73.6 Å². The van der Waals surface area contributed by atoms with Gasteiger partial charge in [-0.2, -0.15) is 0 Å². The highest BCUT2D eigenvalue weighted by atomic mass is 16.4. The Morgan fingerprint density at radius 1 is 1.00 bits per heavy atom. The Bertz CT molecular complexity index is 682. The van der Waals surface area contributed by atoms with Crippen LogP contribution in [0.4, 0.5) is 11.4 Å². The Kier molecular flexibility index (Phi) is 5.95. The summed E-state index contributed by atoms with van der Waals surface area (Å²) >= 11 is 0. The molecule has 0 heterocycles. The predicted molar refractivity (Wildman–Crippen MR) is 95.5 cm³/mol. The maximum Gasteiger partial charge on any atom is 0.303 e. The normalized spacial score (nSPS) is 11.6. The number of carbonyl (C=O) groups is 2. The average molecular weight is 326 g/mol. The molecule has 0 aliphatic carbocycles. The monoisotopic (exact) mass is 326 g/mol. The lowest BCUT2D eigenvalue weighted by molar-refractivity contribution is -0.137. The van der Waals surface area contributed by atoms with Crippen LogP contribution in [0.2, 0.25) is 0 Å². The molecule has 0 saturated carbocycles. The van der Waals surface area contributed by atoms with E-state index < -0.39 is 5.97 Å². The summed E-state index contributed by atoms with van der Waals surface area (Å²) in [5.74, 6) is -1.44. The molecule has 0 aliphatic rings. The first-order valence-electron chi connectivity index (χ1n) is 7.79. The molecule has 0 aromatic heterocycles. The molecule has 2 rings (SSSR count). The highest BCUT2D eigenvalue weighted by Crippen LogP contribution is 2.24. The molecule has 0 unspecified atom stereocenters. The minimum Gasteiger partial charge on any atom is -0.481 e. The Balaban J connectivity index is 2.03. The molecule has 0 fully saturated rings. The fourth-order valence-electron chi connectivity index (χ4n) is 2.52. The first kappa shape index (κ1) is 17.5. The van der Waals surface area contributed by atoms with Crippen molar-refractivity contribution in [3.05, 3.63) is 60.2 Å². The molecule has 5 nitrogen and oxygen atoms in total. The molecule has 0 bridgehead atoms. The molecule has 0 saturated heterocycles. The first-order valence-corrected chi connectivity index (χ1v) is 7.79. The van der Waals surface area contributed by atoms with Crippen molar-refractivity contribution in [2.45, 2.75) is 18.8 Å². The summed E-state index contributed by atoms with van der Waals surface area (Å²) < 4.78 is 0. The molecule has 126 valence electrons. The van der Waals surface area contributed by atoms with E-state index in [2.05, 4.69) is 5.32 Å². The Labute approximate surface area is 141 Å². The van der Waals surface area contributed by atoms with Crippen LogP contribution in [0.3, 0.4) is 0 Å². The summed E-state index contributed by atoms with van der Waals surface area (Å²) in [6.45, 7) is 0. The number of benzene rings is 2. The van der Waals surface area contributed by atoms with E-state index in [0.717, 1.165) is 11.3 Å². The number of hydrogen-bond acceptors (Lipinski definition) is 3. The zero-order valence-corrected chi connectivity index (χ0v) is 13.9. The van der Waals surface area contributed by atoms with Gasteiger partial charge in [0.25, 0.3) is 0 Å². The summed E-state index contributed by atoms with van der Waals surface area (Å²) in [6.07, 6.45) is 0.0583. The molecular weight excluding hydrogens is 304 g/mol. The van der Waals surface area contributed by atoms with Crippen LogP contribution in [-0.4, -0.2) is 31.1 Å². The maximum absolute atomic E-state index is 12.3. The number of anilines is 2. The summed E-state index contributed by atoms with van der Waals surface area (Å²) in [6, 6.07) is 16.8. The SMILES string of the molecule is CN(C)c1ccc(NC(=O)C[C@@H](CC(=O)O)c2ccccc2)cc1. The second-order valence-corrected chi connectivity index (χ2v) is 5.90. The lowest BCUT2D eigenvalue weighted by Gasteiger charge is -2.16. The van der Waals surface area contributed by atoms with Gasteiger partial charge >= 0.3 is 5.97 Å². The molecule has 1 atom stereocenters. The molecule has 2 N–H and O–H groups in total. The van der Waals surface area contributed by atoms with Crippen LogP contribution >= 0.6 is 0 Å². The number of carbonyl (C=O) groups excluding carboxylic acids is 1. The number of carboxylic acid groups (broad SMARTS) is 1. The van der Waals surface area contributed by atoms with Gasteiger partial charge in [0.15, 0.2) is 0 Å². The highest BCUT2D eigenvalue weighted by Gasteiger charge is 2.19. The number of carboxylic acids is 1. The van der Waals surface area contributed by atoms with Gasteiger partial charge in [-0.3, -0.25) is 9.59 Å². The number of aliphatic carboxylic acids is 1. The summed E-state index contributed by atoms with van der Waals surface area (Å²) in [5, 5.41) is 11.9. The van der Waals surface area contributed by atoms with E-state index in [4.69, 9.17) is 5.11 Å². The van der Waals surface area contributed by atoms with Gasteiger partial charge in [0.1, 0.15) is 0 Å². The zero-order valence-electron chi connectivity index (χ0n) is 13.9. The van der Waals surface area contributed by atoms with Crippen molar-refractivity contribution in [1.29, 1.82) is 0 Å². The van der Waals surface area contributed by atoms with E-state index >= 15 is 0 Å². The quantitative estimate of drug-likeness (QED) is 0.819. The van der Waals surface area contributed by atoms with Gasteiger partial charge < -0.3 is 15.3 Å². The predicted octanol–water partition coefficient (Wildman–Crippen LogP) is 3.34. The molecule has 0 spiro atoms. The van der Waals surface area contributed by atoms with Crippen LogP contribution in [0.1, 0.15) is 24.3 Å². The fraction of sp³-hybridized carbons (Fsp3) is 0.263. The second-order valence-electron chi connectivity index (χ2n) is 5.90. The van der Waals surface area contributed by atoms with Gasteiger partial charge in [-0.05, 0) is 29.8 Å². The number of amides is 1. The Hall–Kier alpha value is -2.82. The number of hydrogen-bond donors (Lipinski definition) is 2. The highest BCUT2D eigenvalue weighted by molar-refractivity contribution is 5.91. The topological polar surface area (TPSA) is 69.6 Å². The van der Waals surface area contributed by atoms with Crippen molar-refractivity contribution in [3.8, 4) is 0 Å². The number of nitrogens with zero attached hydrogens (tertiary/aromatic N) is 1. The third kappa shape index (κ3) is 5.12. The first-order chi connectivity index (χ1) is 11.5. The van der Waals surface area contributed by atoms with Crippen LogP contribution in [-0.2, 0) is 9.59 Å². The maximum atomic E-state index is 12.3. The minimum absolute atomic E-state index is 0.0724. The van der Waals surface area contributed by atoms with Gasteiger partial charge in [-0.1, -0.05) is 30.3 Å². The van der Waals surface area contributed by atoms with Crippen molar-refractivity contribution in [1.82, 2.24) is 0 Å². The van der Waals surface area contributed by atoms with Crippen molar-refractivity contribution in [2.75, 3.05) is 24.3 Å². The van der Waals surface area contributed by atoms with E-state index in [-0.39, 0.29) is 24.7 Å². The average Bonchev–Trinajstić information content (AvgIpc) is 2.55. The zero-order chi connectivity index (χ0) is 17.5.